The molecule has 1 unspecified atom stereocenters. The molecule has 0 spiro atoms. The summed E-state index contributed by atoms with van der Waals surface area (Å²) >= 11 is 1.42. The maximum absolute atomic E-state index is 14.0. The van der Waals surface area contributed by atoms with Gasteiger partial charge in [-0.25, -0.2) is 0 Å². The van der Waals surface area contributed by atoms with Crippen LogP contribution >= 0.6 is 11.8 Å². The van der Waals surface area contributed by atoms with Crippen LogP contribution in [0.15, 0.2) is 72.8 Å². The van der Waals surface area contributed by atoms with Crippen LogP contribution in [0, 0.1) is 19.8 Å². The number of amides is 2. The first kappa shape index (κ1) is 30.3. The fourth-order valence-corrected chi connectivity index (χ4v) is 6.42. The molecule has 4 atom stereocenters. The molecule has 1 aliphatic rings. The number of ketones is 1. The molecule has 0 bridgehead atoms. The van der Waals surface area contributed by atoms with E-state index >= 15 is 0 Å². The molecule has 1 aliphatic heterocycles. The first-order chi connectivity index (χ1) is 19.4. The molecule has 0 saturated carbocycles. The summed E-state index contributed by atoms with van der Waals surface area (Å²) in [6.45, 7) is 7.61. The molecule has 41 heavy (non-hydrogen) atoms. The molecule has 8 nitrogen and oxygen atoms in total. The third-order valence-corrected chi connectivity index (χ3v) is 9.20. The number of phenolic OH excluding ortho intramolecular Hbond substituents is 1. The highest BCUT2D eigenvalue weighted by atomic mass is 32.2. The van der Waals surface area contributed by atoms with Crippen molar-refractivity contribution < 1.29 is 24.6 Å². The van der Waals surface area contributed by atoms with Gasteiger partial charge in [-0.05, 0) is 50.5 Å². The number of nitrogens with zero attached hydrogens (tertiary/aromatic N) is 1. The van der Waals surface area contributed by atoms with E-state index < -0.39 is 40.5 Å². The Bertz CT molecular complexity index is 1430. The Morgan fingerprint density at radius 2 is 1.68 bits per heavy atom. The third kappa shape index (κ3) is 6.32. The van der Waals surface area contributed by atoms with Crippen LogP contribution in [0.1, 0.15) is 52.5 Å². The molecule has 3 aromatic carbocycles. The summed E-state index contributed by atoms with van der Waals surface area (Å²) < 4.78 is -0.645. The van der Waals surface area contributed by atoms with Crippen LogP contribution in [0.5, 0.6) is 5.75 Å². The SMILES string of the molecule is Cc1ccccc1CNC(=O)[C@H]1N(C(=O)[C@@H](O)[C@@H](C(=O)c2cccc(O)c2C)C(N)c2ccccc2)CSC1(C)C. The van der Waals surface area contributed by atoms with E-state index in [2.05, 4.69) is 5.32 Å². The zero-order valence-corrected chi connectivity index (χ0v) is 24.5. The number of carbonyl (C=O) groups is 3. The number of hydrogen-bond acceptors (Lipinski definition) is 7. The summed E-state index contributed by atoms with van der Waals surface area (Å²) in [4.78, 5) is 42.8. The molecule has 0 aromatic heterocycles. The van der Waals surface area contributed by atoms with Gasteiger partial charge in [0.05, 0.1) is 11.8 Å². The van der Waals surface area contributed by atoms with Crippen molar-refractivity contribution in [2.75, 3.05) is 5.88 Å². The number of thioether (sulfide) groups is 1. The number of carbonyl (C=O) groups excluding carboxylic acids is 3. The molecule has 3 aromatic rings. The van der Waals surface area contributed by atoms with Gasteiger partial charge in [0.15, 0.2) is 5.78 Å². The predicted molar refractivity (Wildman–Crippen MR) is 160 cm³/mol. The fourth-order valence-electron chi connectivity index (χ4n) is 5.28. The Hall–Kier alpha value is -3.66. The number of rotatable bonds is 9. The van der Waals surface area contributed by atoms with Gasteiger partial charge in [-0.1, -0.05) is 66.7 Å². The van der Waals surface area contributed by atoms with Gasteiger partial charge in [0, 0.05) is 28.5 Å². The Balaban J connectivity index is 1.65. The normalized spacial score (nSPS) is 18.4. The fraction of sp³-hybridized carbons (Fsp3) is 0.344. The topological polar surface area (TPSA) is 133 Å². The van der Waals surface area contributed by atoms with Gasteiger partial charge in [0.25, 0.3) is 5.91 Å². The number of Topliss-reactive ketones (excluding diaryl/α,β-unsaturated/α-hetero) is 1. The summed E-state index contributed by atoms with van der Waals surface area (Å²) in [6, 6.07) is 19.1. The number of benzene rings is 3. The third-order valence-electron chi connectivity index (χ3n) is 7.83. The molecule has 9 heteroatoms. The Labute approximate surface area is 244 Å². The second kappa shape index (κ2) is 12.5. The number of hydrogen-bond donors (Lipinski definition) is 4. The van der Waals surface area contributed by atoms with Crippen LogP contribution in [0.25, 0.3) is 0 Å². The van der Waals surface area contributed by atoms with Crippen molar-refractivity contribution in [3.8, 4) is 5.75 Å². The summed E-state index contributed by atoms with van der Waals surface area (Å²) in [5, 5.41) is 24.8. The molecule has 0 aliphatic carbocycles. The standard InChI is InChI=1S/C32H37N3O5S/c1-19-11-8-9-14-22(19)17-34-30(39)29-32(3,4)41-18-35(29)31(40)28(38)25(26(33)21-12-6-5-7-13-21)27(37)23-15-10-16-24(36)20(23)2/h5-16,25-26,28-29,36,38H,17-18,33H2,1-4H3,(H,34,39)/t25-,26?,28+,29-/m1/s1. The number of aryl methyl sites for hydroxylation is 1. The minimum atomic E-state index is -1.83. The largest absolute Gasteiger partial charge is 0.508 e. The Kier molecular flexibility index (Phi) is 9.21. The highest BCUT2D eigenvalue weighted by Gasteiger charge is 2.51. The lowest BCUT2D eigenvalue weighted by molar-refractivity contribution is -0.148. The molecule has 4 rings (SSSR count). The van der Waals surface area contributed by atoms with Crippen LogP contribution in [0.3, 0.4) is 0 Å². The van der Waals surface area contributed by atoms with E-state index in [4.69, 9.17) is 5.73 Å². The van der Waals surface area contributed by atoms with Gasteiger partial charge in [0.1, 0.15) is 17.9 Å². The summed E-state index contributed by atoms with van der Waals surface area (Å²) in [5.41, 5.74) is 9.64. The van der Waals surface area contributed by atoms with Crippen LogP contribution in [0.4, 0.5) is 0 Å². The highest BCUT2D eigenvalue weighted by molar-refractivity contribution is 8.00. The van der Waals surface area contributed by atoms with Crippen LogP contribution in [0.2, 0.25) is 0 Å². The molecule has 2 amide bonds. The Morgan fingerprint density at radius 3 is 2.37 bits per heavy atom. The van der Waals surface area contributed by atoms with Crippen molar-refractivity contribution in [2.45, 2.75) is 57.2 Å². The molecule has 5 N–H and O–H groups in total. The van der Waals surface area contributed by atoms with E-state index in [1.165, 1.54) is 34.9 Å². The number of aliphatic hydroxyl groups excluding tert-OH is 1. The quantitative estimate of drug-likeness (QED) is 0.285. The monoisotopic (exact) mass is 575 g/mol. The molecule has 0 radical (unpaired) electrons. The number of nitrogens with two attached hydrogens (primary N) is 1. The van der Waals surface area contributed by atoms with E-state index in [0.717, 1.165) is 11.1 Å². The summed E-state index contributed by atoms with van der Waals surface area (Å²) in [7, 11) is 0. The number of aliphatic hydroxyl groups is 1. The molecule has 1 fully saturated rings. The van der Waals surface area contributed by atoms with E-state index in [1.807, 2.05) is 45.0 Å². The van der Waals surface area contributed by atoms with E-state index in [-0.39, 0.29) is 23.1 Å². The van der Waals surface area contributed by atoms with Crippen molar-refractivity contribution in [2.24, 2.45) is 11.7 Å². The minimum Gasteiger partial charge on any atom is -0.508 e. The van der Waals surface area contributed by atoms with Gasteiger partial charge in [-0.15, -0.1) is 11.8 Å². The Morgan fingerprint density at radius 1 is 1.02 bits per heavy atom. The van der Waals surface area contributed by atoms with Gasteiger partial charge in [-0.3, -0.25) is 14.4 Å². The average Bonchev–Trinajstić information content (AvgIpc) is 3.28. The smallest absolute Gasteiger partial charge is 0.253 e. The van der Waals surface area contributed by atoms with Crippen LogP contribution in [-0.2, 0) is 16.1 Å². The zero-order chi connectivity index (χ0) is 29.9. The van der Waals surface area contributed by atoms with Crippen molar-refractivity contribution in [1.29, 1.82) is 0 Å². The van der Waals surface area contributed by atoms with Gasteiger partial charge >= 0.3 is 0 Å². The van der Waals surface area contributed by atoms with Crippen LogP contribution in [-0.4, -0.2) is 55.5 Å². The second-order valence-corrected chi connectivity index (χ2v) is 12.6. The lowest BCUT2D eigenvalue weighted by Gasteiger charge is -2.34. The number of nitrogens with one attached hydrogen (secondary N) is 1. The lowest BCUT2D eigenvalue weighted by Crippen LogP contribution is -2.57. The van der Waals surface area contributed by atoms with Crippen molar-refractivity contribution in [3.05, 3.63) is 101 Å². The lowest BCUT2D eigenvalue weighted by atomic mass is 9.81. The summed E-state index contributed by atoms with van der Waals surface area (Å²) in [6.07, 6.45) is -1.83. The maximum atomic E-state index is 14.0. The first-order valence-corrected chi connectivity index (χ1v) is 14.5. The molecule has 1 saturated heterocycles. The predicted octanol–water partition coefficient (Wildman–Crippen LogP) is 3.87. The van der Waals surface area contributed by atoms with Crippen molar-refractivity contribution >= 4 is 29.4 Å². The van der Waals surface area contributed by atoms with Gasteiger partial charge in [-0.2, -0.15) is 0 Å². The van der Waals surface area contributed by atoms with Gasteiger partial charge in [0.2, 0.25) is 5.91 Å². The molecule has 1 heterocycles. The molecule has 216 valence electrons. The zero-order valence-electron chi connectivity index (χ0n) is 23.7. The van der Waals surface area contributed by atoms with E-state index in [1.54, 1.807) is 37.3 Å². The van der Waals surface area contributed by atoms with E-state index in [0.29, 0.717) is 17.7 Å². The highest BCUT2D eigenvalue weighted by Crippen LogP contribution is 2.41. The van der Waals surface area contributed by atoms with Crippen molar-refractivity contribution in [1.82, 2.24) is 10.2 Å². The second-order valence-electron chi connectivity index (χ2n) is 11.0. The number of phenols is 1. The van der Waals surface area contributed by atoms with E-state index in [9.17, 15) is 24.6 Å². The van der Waals surface area contributed by atoms with Crippen molar-refractivity contribution in [3.63, 3.8) is 0 Å². The minimum absolute atomic E-state index is 0.0771. The molecular weight excluding hydrogens is 538 g/mol. The van der Waals surface area contributed by atoms with Gasteiger partial charge < -0.3 is 26.2 Å². The maximum Gasteiger partial charge on any atom is 0.253 e. The van der Waals surface area contributed by atoms with Crippen LogP contribution < -0.4 is 11.1 Å². The molecular formula is C32H37N3O5S. The average molecular weight is 576 g/mol. The summed E-state index contributed by atoms with van der Waals surface area (Å²) in [5.74, 6) is -2.94. The first-order valence-electron chi connectivity index (χ1n) is 13.5. The number of aromatic hydroxyl groups is 1.